The van der Waals surface area contributed by atoms with Gasteiger partial charge in [-0.2, -0.15) is 29.5 Å². The second kappa shape index (κ2) is 6.85. The number of thiophene rings is 1. The number of benzene rings is 1. The molecule has 26 heavy (non-hydrogen) atoms. The zero-order valence-corrected chi connectivity index (χ0v) is 14.6. The summed E-state index contributed by atoms with van der Waals surface area (Å²) in [7, 11) is 0. The third-order valence-corrected chi connectivity index (χ3v) is 5.23. The second-order valence-electron chi connectivity index (χ2n) is 6.39. The van der Waals surface area contributed by atoms with Crippen LogP contribution in [0, 0.1) is 0 Å². The molecule has 0 spiro atoms. The second-order valence-corrected chi connectivity index (χ2v) is 7.17. The molecule has 1 fully saturated rings. The monoisotopic (exact) mass is 379 g/mol. The lowest BCUT2D eigenvalue weighted by Gasteiger charge is -2.13. The van der Waals surface area contributed by atoms with Gasteiger partial charge in [-0.1, -0.05) is 17.3 Å². The molecule has 1 aliphatic heterocycles. The molecule has 1 atom stereocenters. The largest absolute Gasteiger partial charge is 0.416 e. The molecule has 4 nitrogen and oxygen atoms in total. The highest BCUT2D eigenvalue weighted by atomic mass is 32.1. The lowest BCUT2D eigenvalue weighted by molar-refractivity contribution is -0.137. The SMILES string of the molecule is FC(F)(F)c1cccc(-c2noc([C@@H]3CCN(Cc4ccsc4)C3)n2)c1. The molecule has 1 aliphatic rings. The molecule has 2 aromatic heterocycles. The third-order valence-electron chi connectivity index (χ3n) is 4.50. The van der Waals surface area contributed by atoms with E-state index in [0.717, 1.165) is 38.2 Å². The number of hydrogen-bond acceptors (Lipinski definition) is 5. The van der Waals surface area contributed by atoms with Crippen molar-refractivity contribution >= 4 is 11.3 Å². The quantitative estimate of drug-likeness (QED) is 0.653. The van der Waals surface area contributed by atoms with Crippen LogP contribution in [0.2, 0.25) is 0 Å². The van der Waals surface area contributed by atoms with E-state index in [2.05, 4.69) is 31.9 Å². The van der Waals surface area contributed by atoms with Gasteiger partial charge in [0.1, 0.15) is 0 Å². The van der Waals surface area contributed by atoms with Gasteiger partial charge in [0, 0.05) is 18.7 Å². The van der Waals surface area contributed by atoms with E-state index in [-0.39, 0.29) is 11.7 Å². The zero-order chi connectivity index (χ0) is 18.1. The van der Waals surface area contributed by atoms with E-state index in [1.165, 1.54) is 11.6 Å². The first-order chi connectivity index (χ1) is 12.5. The first-order valence-corrected chi connectivity index (χ1v) is 9.18. The summed E-state index contributed by atoms with van der Waals surface area (Å²) < 4.78 is 43.9. The van der Waals surface area contributed by atoms with Gasteiger partial charge in [-0.15, -0.1) is 0 Å². The molecule has 3 aromatic rings. The fourth-order valence-corrected chi connectivity index (χ4v) is 3.83. The Morgan fingerprint density at radius 1 is 1.27 bits per heavy atom. The number of aromatic nitrogens is 2. The first-order valence-electron chi connectivity index (χ1n) is 8.24. The molecule has 0 N–H and O–H groups in total. The van der Waals surface area contributed by atoms with E-state index in [1.807, 2.05) is 0 Å². The standard InChI is InChI=1S/C18H16F3N3OS/c19-18(20,21)15-3-1-2-13(8-15)16-22-17(25-23-16)14-4-6-24(10-14)9-12-5-7-26-11-12/h1-3,5,7-8,11,14H,4,6,9-10H2/t14-/m1/s1. The number of hydrogen-bond donors (Lipinski definition) is 0. The highest BCUT2D eigenvalue weighted by molar-refractivity contribution is 7.07. The Morgan fingerprint density at radius 2 is 2.15 bits per heavy atom. The number of alkyl halides is 3. The van der Waals surface area contributed by atoms with Gasteiger partial charge in [-0.25, -0.2) is 0 Å². The van der Waals surface area contributed by atoms with E-state index in [0.29, 0.717) is 11.5 Å². The average Bonchev–Trinajstić information content (AvgIpc) is 3.36. The number of likely N-dealkylation sites (tertiary alicyclic amines) is 1. The Labute approximate surface area is 152 Å². The van der Waals surface area contributed by atoms with Crippen LogP contribution in [0.1, 0.15) is 29.4 Å². The molecule has 0 aliphatic carbocycles. The lowest BCUT2D eigenvalue weighted by Crippen LogP contribution is -2.19. The molecule has 0 saturated carbocycles. The van der Waals surface area contributed by atoms with E-state index in [4.69, 9.17) is 4.52 Å². The molecule has 0 radical (unpaired) electrons. The predicted molar refractivity (Wildman–Crippen MR) is 91.7 cm³/mol. The van der Waals surface area contributed by atoms with Crippen molar-refractivity contribution in [2.75, 3.05) is 13.1 Å². The summed E-state index contributed by atoms with van der Waals surface area (Å²) in [6.45, 7) is 2.62. The molecular formula is C18H16F3N3OS. The maximum Gasteiger partial charge on any atom is 0.416 e. The van der Waals surface area contributed by atoms with Gasteiger partial charge in [0.25, 0.3) is 0 Å². The Balaban J connectivity index is 1.47. The van der Waals surface area contributed by atoms with Crippen molar-refractivity contribution in [2.45, 2.75) is 25.1 Å². The van der Waals surface area contributed by atoms with E-state index in [9.17, 15) is 13.2 Å². The van der Waals surface area contributed by atoms with Crippen LogP contribution in [0.25, 0.3) is 11.4 Å². The third kappa shape index (κ3) is 3.66. The van der Waals surface area contributed by atoms with Gasteiger partial charge in [-0.3, -0.25) is 4.90 Å². The molecule has 0 amide bonds. The van der Waals surface area contributed by atoms with Crippen LogP contribution < -0.4 is 0 Å². The van der Waals surface area contributed by atoms with Gasteiger partial charge in [0.15, 0.2) is 0 Å². The molecule has 3 heterocycles. The van der Waals surface area contributed by atoms with Crippen molar-refractivity contribution in [2.24, 2.45) is 0 Å². The summed E-state index contributed by atoms with van der Waals surface area (Å²) in [6.07, 6.45) is -3.50. The van der Waals surface area contributed by atoms with Crippen molar-refractivity contribution in [1.29, 1.82) is 0 Å². The van der Waals surface area contributed by atoms with Crippen molar-refractivity contribution in [3.8, 4) is 11.4 Å². The predicted octanol–water partition coefficient (Wildman–Crippen LogP) is 4.81. The minimum Gasteiger partial charge on any atom is -0.339 e. The molecule has 4 rings (SSSR count). The Hall–Kier alpha value is -2.19. The smallest absolute Gasteiger partial charge is 0.339 e. The van der Waals surface area contributed by atoms with Gasteiger partial charge in [0.05, 0.1) is 11.5 Å². The fourth-order valence-electron chi connectivity index (χ4n) is 3.17. The summed E-state index contributed by atoms with van der Waals surface area (Å²) in [5, 5.41) is 8.07. The molecule has 1 saturated heterocycles. The summed E-state index contributed by atoms with van der Waals surface area (Å²) in [5.74, 6) is 0.799. The van der Waals surface area contributed by atoms with Crippen LogP contribution in [-0.2, 0) is 12.7 Å². The van der Waals surface area contributed by atoms with Crippen molar-refractivity contribution < 1.29 is 17.7 Å². The minimum absolute atomic E-state index is 0.112. The van der Waals surface area contributed by atoms with Gasteiger partial charge >= 0.3 is 6.18 Å². The Bertz CT molecular complexity index is 876. The van der Waals surface area contributed by atoms with Gasteiger partial charge in [-0.05, 0) is 47.5 Å². The van der Waals surface area contributed by atoms with E-state index in [1.54, 1.807) is 17.4 Å². The summed E-state index contributed by atoms with van der Waals surface area (Å²) in [6, 6.07) is 7.10. The minimum atomic E-state index is -4.39. The first kappa shape index (κ1) is 17.2. The molecule has 0 bridgehead atoms. The Kier molecular flexibility index (Phi) is 4.54. The summed E-state index contributed by atoms with van der Waals surface area (Å²) in [4.78, 5) is 6.67. The summed E-state index contributed by atoms with van der Waals surface area (Å²) >= 11 is 1.68. The van der Waals surface area contributed by atoms with E-state index >= 15 is 0 Å². The number of nitrogens with zero attached hydrogens (tertiary/aromatic N) is 3. The molecule has 8 heteroatoms. The highest BCUT2D eigenvalue weighted by Crippen LogP contribution is 2.33. The van der Waals surface area contributed by atoms with Crippen molar-refractivity contribution in [3.05, 3.63) is 58.1 Å². The fraction of sp³-hybridized carbons (Fsp3) is 0.333. The molecule has 136 valence electrons. The van der Waals surface area contributed by atoms with Crippen LogP contribution in [-0.4, -0.2) is 28.1 Å². The number of halogens is 3. The number of rotatable bonds is 4. The highest BCUT2D eigenvalue weighted by Gasteiger charge is 2.31. The molecular weight excluding hydrogens is 363 g/mol. The zero-order valence-electron chi connectivity index (χ0n) is 13.7. The lowest BCUT2D eigenvalue weighted by atomic mass is 10.1. The maximum atomic E-state index is 12.9. The van der Waals surface area contributed by atoms with Gasteiger partial charge in [0.2, 0.25) is 11.7 Å². The average molecular weight is 379 g/mol. The van der Waals surface area contributed by atoms with Crippen LogP contribution in [0.4, 0.5) is 13.2 Å². The van der Waals surface area contributed by atoms with Crippen LogP contribution >= 0.6 is 11.3 Å². The van der Waals surface area contributed by atoms with Crippen LogP contribution in [0.3, 0.4) is 0 Å². The van der Waals surface area contributed by atoms with E-state index < -0.39 is 11.7 Å². The normalized spacial score (nSPS) is 18.5. The van der Waals surface area contributed by atoms with Crippen LogP contribution in [0.5, 0.6) is 0 Å². The molecule has 1 aromatic carbocycles. The maximum absolute atomic E-state index is 12.9. The topological polar surface area (TPSA) is 42.2 Å². The molecule has 0 unspecified atom stereocenters. The summed E-state index contributed by atoms with van der Waals surface area (Å²) in [5.41, 5.74) is 0.873. The van der Waals surface area contributed by atoms with Crippen molar-refractivity contribution in [3.63, 3.8) is 0 Å². The van der Waals surface area contributed by atoms with Crippen molar-refractivity contribution in [1.82, 2.24) is 15.0 Å². The van der Waals surface area contributed by atoms with Crippen LogP contribution in [0.15, 0.2) is 45.6 Å². The van der Waals surface area contributed by atoms with Gasteiger partial charge < -0.3 is 4.52 Å². The Morgan fingerprint density at radius 3 is 2.92 bits per heavy atom.